The molecule has 0 bridgehead atoms. The molecule has 22 heavy (non-hydrogen) atoms. The Morgan fingerprint density at radius 3 is 2.32 bits per heavy atom. The number of benzene rings is 2. The molecule has 2 nitrogen and oxygen atoms in total. The molecule has 2 heteroatoms. The van der Waals surface area contributed by atoms with Gasteiger partial charge >= 0.3 is 0 Å². The second-order valence-electron chi connectivity index (χ2n) is 6.24. The molecule has 0 fully saturated rings. The van der Waals surface area contributed by atoms with Crippen molar-refractivity contribution in [2.75, 3.05) is 0 Å². The third-order valence-corrected chi connectivity index (χ3v) is 4.26. The molecule has 2 aromatic carbocycles. The van der Waals surface area contributed by atoms with Crippen LogP contribution in [-0.2, 0) is 11.2 Å². The lowest BCUT2D eigenvalue weighted by molar-refractivity contribution is -0.121. The van der Waals surface area contributed by atoms with Crippen molar-refractivity contribution in [3.05, 3.63) is 69.8 Å². The standard InChI is InChI=1S/C20H25NO/c1-13-6-7-15(3)19(10-13)12-20(22)21-17(5)18-9-8-14(2)16(4)11-18/h6-11,17H,12H2,1-5H3,(H,21,22)/t17-/m1/s1. The molecule has 1 amide bonds. The molecule has 1 atom stereocenters. The minimum atomic E-state index is 0.0249. The maximum Gasteiger partial charge on any atom is 0.224 e. The highest BCUT2D eigenvalue weighted by Crippen LogP contribution is 2.17. The molecule has 0 saturated heterocycles. The Morgan fingerprint density at radius 1 is 0.955 bits per heavy atom. The maximum atomic E-state index is 12.3. The summed E-state index contributed by atoms with van der Waals surface area (Å²) in [5, 5.41) is 3.10. The third kappa shape index (κ3) is 3.97. The van der Waals surface area contributed by atoms with Gasteiger partial charge in [-0.1, -0.05) is 42.0 Å². The van der Waals surface area contributed by atoms with Crippen LogP contribution in [0.4, 0.5) is 0 Å². The first-order chi connectivity index (χ1) is 10.4. The molecule has 0 spiro atoms. The SMILES string of the molecule is Cc1ccc(C)c(CC(=O)N[C@H](C)c2ccc(C)c(C)c2)c1. The number of aryl methyl sites for hydroxylation is 4. The molecule has 0 aliphatic heterocycles. The lowest BCUT2D eigenvalue weighted by Gasteiger charge is -2.16. The Morgan fingerprint density at radius 2 is 1.64 bits per heavy atom. The Balaban J connectivity index is 2.04. The van der Waals surface area contributed by atoms with Crippen molar-refractivity contribution in [2.24, 2.45) is 0 Å². The molecule has 0 aromatic heterocycles. The Labute approximate surface area is 133 Å². The van der Waals surface area contributed by atoms with E-state index in [1.165, 1.54) is 22.3 Å². The second-order valence-corrected chi connectivity index (χ2v) is 6.24. The van der Waals surface area contributed by atoms with E-state index < -0.39 is 0 Å². The van der Waals surface area contributed by atoms with Crippen molar-refractivity contribution >= 4 is 5.91 Å². The molecule has 0 aliphatic rings. The molecule has 0 heterocycles. The van der Waals surface area contributed by atoms with E-state index in [1.54, 1.807) is 0 Å². The molecule has 1 N–H and O–H groups in total. The first-order valence-electron chi connectivity index (χ1n) is 7.79. The Hall–Kier alpha value is -2.09. The van der Waals surface area contributed by atoms with Crippen molar-refractivity contribution in [1.29, 1.82) is 0 Å². The molecule has 0 unspecified atom stereocenters. The lowest BCUT2D eigenvalue weighted by atomic mass is 10.0. The summed E-state index contributed by atoms with van der Waals surface area (Å²) >= 11 is 0. The summed E-state index contributed by atoms with van der Waals surface area (Å²) in [7, 11) is 0. The molecular formula is C20H25NO. The van der Waals surface area contributed by atoms with Gasteiger partial charge in [-0.3, -0.25) is 4.79 Å². The van der Waals surface area contributed by atoms with Gasteiger partial charge in [0.05, 0.1) is 12.5 Å². The fraction of sp³-hybridized carbons (Fsp3) is 0.350. The highest BCUT2D eigenvalue weighted by atomic mass is 16.1. The first-order valence-corrected chi connectivity index (χ1v) is 7.79. The minimum Gasteiger partial charge on any atom is -0.349 e. The molecule has 2 rings (SSSR count). The zero-order chi connectivity index (χ0) is 16.3. The van der Waals surface area contributed by atoms with E-state index in [0.717, 1.165) is 11.1 Å². The number of rotatable bonds is 4. The molecule has 0 radical (unpaired) electrons. The molecule has 116 valence electrons. The van der Waals surface area contributed by atoms with Gasteiger partial charge in [0, 0.05) is 0 Å². The zero-order valence-corrected chi connectivity index (χ0v) is 14.2. The summed E-state index contributed by atoms with van der Waals surface area (Å²) in [6.07, 6.45) is 0.433. The number of hydrogen-bond donors (Lipinski definition) is 1. The van der Waals surface area contributed by atoms with Crippen molar-refractivity contribution in [2.45, 2.75) is 47.1 Å². The molecule has 2 aromatic rings. The van der Waals surface area contributed by atoms with Crippen LogP contribution in [0.2, 0.25) is 0 Å². The Kier molecular flexibility index (Phi) is 5.02. The van der Waals surface area contributed by atoms with E-state index in [2.05, 4.69) is 69.4 Å². The lowest BCUT2D eigenvalue weighted by Crippen LogP contribution is -2.28. The van der Waals surface area contributed by atoms with Gasteiger partial charge in [0.1, 0.15) is 0 Å². The van der Waals surface area contributed by atoms with E-state index in [4.69, 9.17) is 0 Å². The van der Waals surface area contributed by atoms with E-state index in [-0.39, 0.29) is 11.9 Å². The third-order valence-electron chi connectivity index (χ3n) is 4.26. The van der Waals surface area contributed by atoms with Crippen molar-refractivity contribution in [3.63, 3.8) is 0 Å². The van der Waals surface area contributed by atoms with Crippen LogP contribution in [0.5, 0.6) is 0 Å². The zero-order valence-electron chi connectivity index (χ0n) is 14.2. The highest BCUT2D eigenvalue weighted by molar-refractivity contribution is 5.79. The summed E-state index contributed by atoms with van der Waals surface area (Å²) in [5.74, 6) is 0.0689. The summed E-state index contributed by atoms with van der Waals surface area (Å²) in [6, 6.07) is 12.6. The molecular weight excluding hydrogens is 270 g/mol. The van der Waals surface area contributed by atoms with E-state index in [0.29, 0.717) is 6.42 Å². The number of carbonyl (C=O) groups is 1. The van der Waals surface area contributed by atoms with Crippen LogP contribution in [0.25, 0.3) is 0 Å². The van der Waals surface area contributed by atoms with E-state index in [1.807, 2.05) is 6.92 Å². The van der Waals surface area contributed by atoms with Crippen molar-refractivity contribution in [3.8, 4) is 0 Å². The summed E-state index contributed by atoms with van der Waals surface area (Å²) < 4.78 is 0. The van der Waals surface area contributed by atoms with Crippen LogP contribution < -0.4 is 5.32 Å². The van der Waals surface area contributed by atoms with Gasteiger partial charge in [-0.25, -0.2) is 0 Å². The predicted octanol–water partition coefficient (Wildman–Crippen LogP) is 4.34. The van der Waals surface area contributed by atoms with Crippen LogP contribution in [0, 0.1) is 27.7 Å². The first kappa shape index (κ1) is 16.3. The van der Waals surface area contributed by atoms with Gasteiger partial charge in [0.25, 0.3) is 0 Å². The largest absolute Gasteiger partial charge is 0.349 e. The fourth-order valence-corrected chi connectivity index (χ4v) is 2.57. The van der Waals surface area contributed by atoms with Crippen molar-refractivity contribution < 1.29 is 4.79 Å². The average Bonchev–Trinajstić information content (AvgIpc) is 2.45. The predicted molar refractivity (Wildman–Crippen MR) is 92.1 cm³/mol. The van der Waals surface area contributed by atoms with Crippen LogP contribution >= 0.6 is 0 Å². The smallest absolute Gasteiger partial charge is 0.224 e. The van der Waals surface area contributed by atoms with Gasteiger partial charge < -0.3 is 5.32 Å². The second kappa shape index (κ2) is 6.78. The normalized spacial score (nSPS) is 12.0. The van der Waals surface area contributed by atoms with Crippen LogP contribution in [0.15, 0.2) is 36.4 Å². The summed E-state index contributed by atoms with van der Waals surface area (Å²) in [5.41, 5.74) is 7.14. The van der Waals surface area contributed by atoms with Gasteiger partial charge in [-0.05, 0) is 62.4 Å². The highest BCUT2D eigenvalue weighted by Gasteiger charge is 2.12. The monoisotopic (exact) mass is 295 g/mol. The van der Waals surface area contributed by atoms with E-state index in [9.17, 15) is 4.79 Å². The van der Waals surface area contributed by atoms with Gasteiger partial charge in [-0.2, -0.15) is 0 Å². The molecule has 0 aliphatic carbocycles. The van der Waals surface area contributed by atoms with Crippen LogP contribution in [0.1, 0.15) is 46.3 Å². The topological polar surface area (TPSA) is 29.1 Å². The number of hydrogen-bond acceptors (Lipinski definition) is 1. The summed E-state index contributed by atoms with van der Waals surface area (Å²) in [6.45, 7) is 10.3. The average molecular weight is 295 g/mol. The quantitative estimate of drug-likeness (QED) is 0.893. The fourth-order valence-electron chi connectivity index (χ4n) is 2.57. The number of nitrogens with one attached hydrogen (secondary N) is 1. The maximum absolute atomic E-state index is 12.3. The van der Waals surface area contributed by atoms with Gasteiger partial charge in [0.15, 0.2) is 0 Å². The molecule has 0 saturated carbocycles. The van der Waals surface area contributed by atoms with Crippen LogP contribution in [-0.4, -0.2) is 5.91 Å². The van der Waals surface area contributed by atoms with Gasteiger partial charge in [-0.15, -0.1) is 0 Å². The minimum absolute atomic E-state index is 0.0249. The number of amides is 1. The number of carbonyl (C=O) groups excluding carboxylic acids is 1. The van der Waals surface area contributed by atoms with E-state index >= 15 is 0 Å². The van der Waals surface area contributed by atoms with Gasteiger partial charge in [0.2, 0.25) is 5.91 Å². The Bertz CT molecular complexity index is 688. The summed E-state index contributed by atoms with van der Waals surface area (Å²) in [4.78, 5) is 12.3. The van der Waals surface area contributed by atoms with Crippen molar-refractivity contribution in [1.82, 2.24) is 5.32 Å². The van der Waals surface area contributed by atoms with Crippen LogP contribution in [0.3, 0.4) is 0 Å².